The second-order valence-corrected chi connectivity index (χ2v) is 8.26. The number of alkyl carbamates (subject to hydrolysis) is 1. The van der Waals surface area contributed by atoms with Gasteiger partial charge in [0.2, 0.25) is 5.78 Å². The molecule has 1 heterocycles. The van der Waals surface area contributed by atoms with Crippen molar-refractivity contribution in [2.24, 2.45) is 17.3 Å². The number of hydrazine groups is 1. The highest BCUT2D eigenvalue weighted by molar-refractivity contribution is 6.37. The summed E-state index contributed by atoms with van der Waals surface area (Å²) >= 11 is 0. The fraction of sp³-hybridized carbons (Fsp3) is 0.778. The monoisotopic (exact) mass is 369 g/mol. The van der Waals surface area contributed by atoms with Gasteiger partial charge in [-0.2, -0.15) is 0 Å². The van der Waals surface area contributed by atoms with Crippen molar-refractivity contribution >= 4 is 23.6 Å². The Labute approximate surface area is 154 Å². The molecular formula is C18H31N3O5. The topological polar surface area (TPSA) is 114 Å². The molecule has 1 aliphatic heterocycles. The van der Waals surface area contributed by atoms with Crippen LogP contribution in [0.15, 0.2) is 0 Å². The van der Waals surface area contributed by atoms with Crippen molar-refractivity contribution < 1.29 is 23.9 Å². The van der Waals surface area contributed by atoms with E-state index < -0.39 is 29.7 Å². The average Bonchev–Trinajstić information content (AvgIpc) is 2.53. The van der Waals surface area contributed by atoms with Crippen LogP contribution < -0.4 is 16.2 Å². The Kier molecular flexibility index (Phi) is 8.20. The highest BCUT2D eigenvalue weighted by Gasteiger charge is 2.33. The minimum Gasteiger partial charge on any atom is -0.449 e. The smallest absolute Gasteiger partial charge is 0.407 e. The van der Waals surface area contributed by atoms with Crippen molar-refractivity contribution in [3.63, 3.8) is 0 Å². The van der Waals surface area contributed by atoms with E-state index in [9.17, 15) is 19.2 Å². The molecule has 1 rings (SSSR count). The van der Waals surface area contributed by atoms with E-state index in [1.165, 1.54) is 0 Å². The van der Waals surface area contributed by atoms with Crippen LogP contribution in [0.25, 0.3) is 0 Å². The lowest BCUT2D eigenvalue weighted by Crippen LogP contribution is -2.49. The number of carbonyl (C=O) groups excluding carboxylic acids is 4. The molecule has 0 spiro atoms. The summed E-state index contributed by atoms with van der Waals surface area (Å²) in [6.07, 6.45) is 0.383. The Bertz CT molecular complexity index is 539. The fourth-order valence-corrected chi connectivity index (χ4v) is 2.59. The van der Waals surface area contributed by atoms with E-state index in [2.05, 4.69) is 16.2 Å². The minimum absolute atomic E-state index is 0.0748. The highest BCUT2D eigenvalue weighted by atomic mass is 16.5. The maximum atomic E-state index is 12.7. The molecule has 3 N–H and O–H groups in total. The van der Waals surface area contributed by atoms with Gasteiger partial charge >= 0.3 is 12.0 Å². The van der Waals surface area contributed by atoms with Crippen LogP contribution in [0.5, 0.6) is 0 Å². The van der Waals surface area contributed by atoms with Gasteiger partial charge in [0, 0.05) is 18.9 Å². The van der Waals surface area contributed by atoms with E-state index in [0.29, 0.717) is 19.4 Å². The lowest BCUT2D eigenvalue weighted by atomic mass is 9.87. The van der Waals surface area contributed by atoms with Crippen LogP contribution in [0.4, 0.5) is 4.79 Å². The maximum Gasteiger partial charge on any atom is 0.407 e. The molecule has 2 unspecified atom stereocenters. The Hall–Kier alpha value is -1.96. The number of nitrogens with one attached hydrogen (secondary N) is 3. The predicted molar refractivity (Wildman–Crippen MR) is 96.1 cm³/mol. The third kappa shape index (κ3) is 7.51. The third-order valence-electron chi connectivity index (χ3n) is 4.02. The summed E-state index contributed by atoms with van der Waals surface area (Å²) in [5.41, 5.74) is 4.79. The summed E-state index contributed by atoms with van der Waals surface area (Å²) < 4.78 is 5.16. The molecule has 0 aromatic rings. The molecule has 2 amide bonds. The Morgan fingerprint density at radius 2 is 1.92 bits per heavy atom. The van der Waals surface area contributed by atoms with Gasteiger partial charge in [-0.25, -0.2) is 10.2 Å². The van der Waals surface area contributed by atoms with Crippen molar-refractivity contribution in [1.29, 1.82) is 0 Å². The standard InChI is InChI=1S/C18H31N3O5/c1-11(2)14(20-17(25)26-10-18(3,4)5)13(22)9-12-7-6-8-19-21-16(24)15(12)23/h11-12,14,19H,6-10H2,1-5H3,(H,20,25)(H,21,24). The number of rotatable bonds is 6. The van der Waals surface area contributed by atoms with Gasteiger partial charge in [-0.3, -0.25) is 19.8 Å². The average molecular weight is 369 g/mol. The van der Waals surface area contributed by atoms with Gasteiger partial charge < -0.3 is 10.1 Å². The van der Waals surface area contributed by atoms with E-state index in [0.717, 1.165) is 0 Å². The molecular weight excluding hydrogens is 338 g/mol. The first-order valence-electron chi connectivity index (χ1n) is 9.04. The summed E-state index contributed by atoms with van der Waals surface area (Å²) in [7, 11) is 0. The molecule has 0 bridgehead atoms. The van der Waals surface area contributed by atoms with Crippen molar-refractivity contribution in [3.8, 4) is 0 Å². The summed E-state index contributed by atoms with van der Waals surface area (Å²) in [5, 5.41) is 2.60. The Balaban J connectivity index is 2.70. The van der Waals surface area contributed by atoms with Gasteiger partial charge in [0.15, 0.2) is 5.78 Å². The van der Waals surface area contributed by atoms with Gasteiger partial charge in [-0.05, 0) is 24.2 Å². The first-order chi connectivity index (χ1) is 12.0. The number of carbonyl (C=O) groups is 4. The number of ketones is 2. The first-order valence-corrected chi connectivity index (χ1v) is 9.04. The number of Topliss-reactive ketones (excluding diaryl/α,β-unsaturated/α-hetero) is 2. The van der Waals surface area contributed by atoms with Crippen molar-refractivity contribution in [1.82, 2.24) is 16.2 Å². The van der Waals surface area contributed by atoms with Crippen LogP contribution in [0.1, 0.15) is 53.9 Å². The van der Waals surface area contributed by atoms with Crippen molar-refractivity contribution in [2.75, 3.05) is 13.2 Å². The fourth-order valence-electron chi connectivity index (χ4n) is 2.59. The largest absolute Gasteiger partial charge is 0.449 e. The zero-order valence-corrected chi connectivity index (χ0v) is 16.3. The third-order valence-corrected chi connectivity index (χ3v) is 4.02. The molecule has 148 valence electrons. The van der Waals surface area contributed by atoms with Gasteiger partial charge in [0.1, 0.15) is 0 Å². The van der Waals surface area contributed by atoms with Gasteiger partial charge in [-0.15, -0.1) is 0 Å². The van der Waals surface area contributed by atoms with E-state index in [1.807, 2.05) is 34.6 Å². The van der Waals surface area contributed by atoms with E-state index in [4.69, 9.17) is 4.74 Å². The zero-order chi connectivity index (χ0) is 19.9. The van der Waals surface area contributed by atoms with Crippen LogP contribution in [0.2, 0.25) is 0 Å². The SMILES string of the molecule is CC(C)C(NC(=O)OCC(C)(C)C)C(=O)CC1CCCNNC(=O)C1=O. The summed E-state index contributed by atoms with van der Waals surface area (Å²) in [5.74, 6) is -2.45. The summed E-state index contributed by atoms with van der Waals surface area (Å²) in [6, 6.07) is -0.762. The highest BCUT2D eigenvalue weighted by Crippen LogP contribution is 2.18. The van der Waals surface area contributed by atoms with Gasteiger partial charge in [-0.1, -0.05) is 34.6 Å². The quantitative estimate of drug-likeness (QED) is 0.609. The van der Waals surface area contributed by atoms with E-state index >= 15 is 0 Å². The lowest BCUT2D eigenvalue weighted by Gasteiger charge is -2.25. The molecule has 2 atom stereocenters. The molecule has 1 saturated heterocycles. The number of amides is 2. The molecule has 0 saturated carbocycles. The molecule has 8 heteroatoms. The Morgan fingerprint density at radius 3 is 2.50 bits per heavy atom. The van der Waals surface area contributed by atoms with E-state index in [-0.39, 0.29) is 30.1 Å². The van der Waals surface area contributed by atoms with E-state index in [1.54, 1.807) is 0 Å². The molecule has 1 fully saturated rings. The molecule has 0 aliphatic carbocycles. The second-order valence-electron chi connectivity index (χ2n) is 8.26. The molecule has 0 aromatic heterocycles. The first kappa shape index (κ1) is 22.1. The normalized spacial score (nSPS) is 20.0. The lowest BCUT2D eigenvalue weighted by molar-refractivity contribution is -0.142. The molecule has 0 aromatic carbocycles. The van der Waals surface area contributed by atoms with Crippen LogP contribution in [0, 0.1) is 17.3 Å². The summed E-state index contributed by atoms with van der Waals surface area (Å²) in [6.45, 7) is 10.2. The number of hydrogen-bond donors (Lipinski definition) is 3. The van der Waals surface area contributed by atoms with Gasteiger partial charge in [0.25, 0.3) is 0 Å². The molecule has 0 radical (unpaired) electrons. The van der Waals surface area contributed by atoms with Crippen LogP contribution >= 0.6 is 0 Å². The van der Waals surface area contributed by atoms with Crippen LogP contribution in [0.3, 0.4) is 0 Å². The molecule has 8 nitrogen and oxygen atoms in total. The second kappa shape index (κ2) is 9.66. The van der Waals surface area contributed by atoms with Crippen LogP contribution in [-0.4, -0.2) is 42.8 Å². The minimum atomic E-state index is -0.762. The van der Waals surface area contributed by atoms with Crippen molar-refractivity contribution in [3.05, 3.63) is 0 Å². The zero-order valence-electron chi connectivity index (χ0n) is 16.3. The molecule has 1 aliphatic rings. The Morgan fingerprint density at radius 1 is 1.27 bits per heavy atom. The molecule has 26 heavy (non-hydrogen) atoms. The number of ether oxygens (including phenoxy) is 1. The maximum absolute atomic E-state index is 12.7. The number of hydrogen-bond acceptors (Lipinski definition) is 6. The predicted octanol–water partition coefficient (Wildman–Crippen LogP) is 1.34. The van der Waals surface area contributed by atoms with Crippen LogP contribution in [-0.2, 0) is 19.1 Å². The van der Waals surface area contributed by atoms with Crippen molar-refractivity contribution in [2.45, 2.75) is 59.9 Å². The van der Waals surface area contributed by atoms with Gasteiger partial charge in [0.05, 0.1) is 12.6 Å². The summed E-state index contributed by atoms with van der Waals surface area (Å²) in [4.78, 5) is 48.5.